The van der Waals surface area contributed by atoms with E-state index in [1.165, 1.54) is 5.56 Å². The van der Waals surface area contributed by atoms with Crippen LogP contribution in [0.15, 0.2) is 60.7 Å². The summed E-state index contributed by atoms with van der Waals surface area (Å²) in [4.78, 5) is 26.0. The predicted octanol–water partition coefficient (Wildman–Crippen LogP) is 2.42. The molecule has 1 aliphatic heterocycles. The van der Waals surface area contributed by atoms with Gasteiger partial charge >= 0.3 is 6.03 Å². The lowest BCUT2D eigenvalue weighted by molar-refractivity contribution is -0.122. The number of nitrogens with one attached hydrogen (secondary N) is 2. The number of carbonyl (C=O) groups is 2. The van der Waals surface area contributed by atoms with Crippen molar-refractivity contribution >= 4 is 11.9 Å². The van der Waals surface area contributed by atoms with E-state index in [9.17, 15) is 9.59 Å². The third-order valence-electron chi connectivity index (χ3n) is 5.21. The minimum atomic E-state index is -0.832. The van der Waals surface area contributed by atoms with Gasteiger partial charge in [0, 0.05) is 6.54 Å². The molecular weight excluding hydrogens is 352 g/mol. The number of benzene rings is 2. The predicted molar refractivity (Wildman–Crippen MR) is 109 cm³/mol. The molecule has 148 valence electrons. The topological polar surface area (TPSA) is 87.5 Å². The van der Waals surface area contributed by atoms with Crippen LogP contribution in [0.1, 0.15) is 30.0 Å². The Balaban J connectivity index is 1.51. The minimum absolute atomic E-state index is 0.416. The van der Waals surface area contributed by atoms with E-state index in [1.54, 1.807) is 0 Å². The average Bonchev–Trinajstić information content (AvgIpc) is 2.70. The van der Waals surface area contributed by atoms with Gasteiger partial charge in [-0.15, -0.1) is 0 Å². The first-order valence-electron chi connectivity index (χ1n) is 9.76. The number of primary amides is 1. The molecule has 2 aromatic rings. The molecule has 0 spiro atoms. The van der Waals surface area contributed by atoms with Crippen molar-refractivity contribution in [2.45, 2.75) is 25.4 Å². The second-order valence-corrected chi connectivity index (χ2v) is 7.31. The highest BCUT2D eigenvalue weighted by Crippen LogP contribution is 2.20. The van der Waals surface area contributed by atoms with E-state index in [1.807, 2.05) is 36.4 Å². The highest BCUT2D eigenvalue weighted by Gasteiger charge is 2.24. The third-order valence-corrected chi connectivity index (χ3v) is 5.21. The number of hydrogen-bond acceptors (Lipinski definition) is 4. The quantitative estimate of drug-likeness (QED) is 0.688. The van der Waals surface area contributed by atoms with E-state index in [4.69, 9.17) is 5.73 Å². The van der Waals surface area contributed by atoms with E-state index >= 15 is 0 Å². The molecule has 1 fully saturated rings. The summed E-state index contributed by atoms with van der Waals surface area (Å²) in [6, 6.07) is 18.5. The second-order valence-electron chi connectivity index (χ2n) is 7.31. The number of piperidine rings is 1. The maximum absolute atomic E-state index is 12.4. The zero-order valence-corrected chi connectivity index (χ0v) is 16.0. The standard InChI is InChI=1S/C22H28N4O2/c23-22(28)25-21(27)20(19-9-5-2-6-10-19)24-15-17-11-13-26(14-12-17)16-18-7-3-1-4-8-18/h1-10,17,20,24H,11-16H2,(H3,23,25,27,28). The molecule has 28 heavy (non-hydrogen) atoms. The van der Waals surface area contributed by atoms with Crippen molar-refractivity contribution < 1.29 is 9.59 Å². The fourth-order valence-electron chi connectivity index (χ4n) is 3.68. The monoisotopic (exact) mass is 380 g/mol. The molecule has 1 saturated heterocycles. The number of amides is 3. The lowest BCUT2D eigenvalue weighted by Crippen LogP contribution is -2.45. The highest BCUT2D eigenvalue weighted by molar-refractivity contribution is 5.96. The Morgan fingerprint density at radius 3 is 2.21 bits per heavy atom. The molecule has 0 radical (unpaired) electrons. The van der Waals surface area contributed by atoms with Crippen LogP contribution in [0.2, 0.25) is 0 Å². The van der Waals surface area contributed by atoms with Crippen LogP contribution in [0.4, 0.5) is 4.79 Å². The lowest BCUT2D eigenvalue weighted by Gasteiger charge is -2.33. The molecule has 4 N–H and O–H groups in total. The van der Waals surface area contributed by atoms with Gasteiger partial charge in [0.25, 0.3) is 0 Å². The minimum Gasteiger partial charge on any atom is -0.351 e. The summed E-state index contributed by atoms with van der Waals surface area (Å²) in [5.41, 5.74) is 7.28. The largest absolute Gasteiger partial charge is 0.351 e. The molecule has 0 aliphatic carbocycles. The van der Waals surface area contributed by atoms with Crippen molar-refractivity contribution in [3.8, 4) is 0 Å². The van der Waals surface area contributed by atoms with E-state index < -0.39 is 18.0 Å². The zero-order valence-electron chi connectivity index (χ0n) is 16.0. The fraction of sp³-hybridized carbons (Fsp3) is 0.364. The van der Waals surface area contributed by atoms with Crippen LogP contribution >= 0.6 is 0 Å². The molecule has 1 aliphatic rings. The van der Waals surface area contributed by atoms with Gasteiger partial charge in [0.15, 0.2) is 0 Å². The van der Waals surface area contributed by atoms with Gasteiger partial charge in [-0.25, -0.2) is 4.79 Å². The van der Waals surface area contributed by atoms with Crippen molar-refractivity contribution in [2.75, 3.05) is 19.6 Å². The molecule has 0 saturated carbocycles. The van der Waals surface area contributed by atoms with E-state index in [0.717, 1.165) is 44.6 Å². The Labute approximate surface area is 166 Å². The van der Waals surface area contributed by atoms with Crippen LogP contribution in [0.3, 0.4) is 0 Å². The summed E-state index contributed by atoms with van der Waals surface area (Å²) < 4.78 is 0. The Bertz CT molecular complexity index is 759. The van der Waals surface area contributed by atoms with Crippen LogP contribution in [-0.2, 0) is 11.3 Å². The molecule has 1 heterocycles. The number of carbonyl (C=O) groups excluding carboxylic acids is 2. The molecule has 6 nitrogen and oxygen atoms in total. The van der Waals surface area contributed by atoms with Gasteiger partial charge in [-0.2, -0.15) is 0 Å². The summed E-state index contributed by atoms with van der Waals surface area (Å²) >= 11 is 0. The van der Waals surface area contributed by atoms with Crippen LogP contribution in [0.25, 0.3) is 0 Å². The molecule has 0 bridgehead atoms. The fourth-order valence-corrected chi connectivity index (χ4v) is 3.68. The smallest absolute Gasteiger partial charge is 0.318 e. The molecule has 1 unspecified atom stereocenters. The Kier molecular flexibility index (Phi) is 7.17. The van der Waals surface area contributed by atoms with Crippen LogP contribution in [0, 0.1) is 5.92 Å². The molecule has 1 atom stereocenters. The number of urea groups is 1. The van der Waals surface area contributed by atoms with Crippen molar-refractivity contribution in [3.05, 3.63) is 71.8 Å². The Morgan fingerprint density at radius 2 is 1.61 bits per heavy atom. The molecule has 2 aromatic carbocycles. The van der Waals surface area contributed by atoms with Gasteiger partial charge in [0.2, 0.25) is 5.91 Å². The summed E-state index contributed by atoms with van der Waals surface area (Å²) in [7, 11) is 0. The SMILES string of the molecule is NC(=O)NC(=O)C(NCC1CCN(Cc2ccccc2)CC1)c1ccccc1. The van der Waals surface area contributed by atoms with Crippen LogP contribution in [0.5, 0.6) is 0 Å². The Hall–Kier alpha value is -2.70. The maximum Gasteiger partial charge on any atom is 0.318 e. The number of hydrogen-bond donors (Lipinski definition) is 3. The Morgan fingerprint density at radius 1 is 1.00 bits per heavy atom. The van der Waals surface area contributed by atoms with E-state index in [0.29, 0.717) is 5.92 Å². The highest BCUT2D eigenvalue weighted by atomic mass is 16.2. The summed E-state index contributed by atoms with van der Waals surface area (Å²) in [6.07, 6.45) is 2.16. The van der Waals surface area contributed by atoms with Gasteiger partial charge in [0.05, 0.1) is 0 Å². The maximum atomic E-state index is 12.4. The molecular formula is C22H28N4O2. The van der Waals surface area contributed by atoms with Crippen LogP contribution < -0.4 is 16.4 Å². The zero-order chi connectivity index (χ0) is 19.8. The number of nitrogens with two attached hydrogens (primary N) is 1. The first-order valence-corrected chi connectivity index (χ1v) is 9.76. The third kappa shape index (κ3) is 5.90. The van der Waals surface area contributed by atoms with Gasteiger partial charge in [0.1, 0.15) is 6.04 Å². The van der Waals surface area contributed by atoms with E-state index in [2.05, 4.69) is 39.8 Å². The summed E-state index contributed by atoms with van der Waals surface area (Å²) in [6.45, 7) is 3.80. The normalized spacial score (nSPS) is 16.4. The molecule has 3 amide bonds. The number of rotatable bonds is 7. The lowest BCUT2D eigenvalue weighted by atomic mass is 9.95. The van der Waals surface area contributed by atoms with Gasteiger partial charge in [-0.1, -0.05) is 60.7 Å². The number of imide groups is 1. The van der Waals surface area contributed by atoms with Crippen molar-refractivity contribution in [1.29, 1.82) is 0 Å². The molecule has 3 rings (SSSR count). The number of likely N-dealkylation sites (tertiary alicyclic amines) is 1. The van der Waals surface area contributed by atoms with Crippen molar-refractivity contribution in [2.24, 2.45) is 11.7 Å². The average molecular weight is 380 g/mol. The first kappa shape index (κ1) is 20.0. The second kappa shape index (κ2) is 10.0. The molecule has 0 aromatic heterocycles. The number of nitrogens with zero attached hydrogens (tertiary/aromatic N) is 1. The van der Waals surface area contributed by atoms with Crippen molar-refractivity contribution in [3.63, 3.8) is 0 Å². The van der Waals surface area contributed by atoms with Gasteiger partial charge in [-0.3, -0.25) is 15.0 Å². The van der Waals surface area contributed by atoms with Crippen LogP contribution in [-0.4, -0.2) is 36.5 Å². The van der Waals surface area contributed by atoms with E-state index in [-0.39, 0.29) is 0 Å². The van der Waals surface area contributed by atoms with Gasteiger partial charge in [-0.05, 0) is 49.5 Å². The summed E-state index contributed by atoms with van der Waals surface area (Å²) in [5, 5.41) is 5.53. The van der Waals surface area contributed by atoms with Gasteiger partial charge < -0.3 is 11.1 Å². The first-order chi connectivity index (χ1) is 13.6. The summed E-state index contributed by atoms with van der Waals surface area (Å²) in [5.74, 6) is 0.0832. The van der Waals surface area contributed by atoms with Crippen molar-refractivity contribution in [1.82, 2.24) is 15.5 Å². The molecule has 6 heteroatoms.